The number of hydrogen-bond acceptors (Lipinski definition) is 1. The van der Waals surface area contributed by atoms with E-state index >= 15 is 0 Å². The first-order valence-electron chi connectivity index (χ1n) is 7.54. The van der Waals surface area contributed by atoms with E-state index in [1.165, 1.54) is 47.3 Å². The van der Waals surface area contributed by atoms with Gasteiger partial charge in [0.15, 0.2) is 0 Å². The zero-order chi connectivity index (χ0) is 14.7. The number of rotatable bonds is 0. The monoisotopic (exact) mass is 298 g/mol. The fraction of sp³-hybridized carbons (Fsp3) is 0.0476. The third-order valence-electron chi connectivity index (χ3n) is 4.60. The molecule has 0 spiro atoms. The van der Waals surface area contributed by atoms with E-state index < -0.39 is 0 Å². The van der Waals surface area contributed by atoms with E-state index in [2.05, 4.69) is 73.7 Å². The molecule has 0 nitrogen and oxygen atoms in total. The van der Waals surface area contributed by atoms with Gasteiger partial charge in [0.1, 0.15) is 0 Å². The van der Waals surface area contributed by atoms with Crippen molar-refractivity contribution in [1.29, 1.82) is 0 Å². The van der Waals surface area contributed by atoms with Crippen LogP contribution in [-0.4, -0.2) is 0 Å². The first-order valence-corrected chi connectivity index (χ1v) is 8.36. The fourth-order valence-electron chi connectivity index (χ4n) is 3.47. The smallest absolute Gasteiger partial charge is 0.0390 e. The summed E-state index contributed by atoms with van der Waals surface area (Å²) in [7, 11) is 0. The molecule has 0 atom stereocenters. The predicted octanol–water partition coefficient (Wildman–Crippen LogP) is 6.67. The van der Waals surface area contributed by atoms with Crippen molar-refractivity contribution in [3.05, 3.63) is 72.3 Å². The van der Waals surface area contributed by atoms with Gasteiger partial charge in [0.05, 0.1) is 0 Å². The average molecular weight is 298 g/mol. The lowest BCUT2D eigenvalue weighted by molar-refractivity contribution is 1.62. The maximum Gasteiger partial charge on any atom is 0.0390 e. The standard InChI is InChI=1S/C21H14S/c1-13-18-11-15-7-3-2-6-14(15)10-16(18)12-19-17-8-4-5-9-20(17)22-21(13)19/h2-12H,1H3. The van der Waals surface area contributed by atoms with Crippen molar-refractivity contribution < 1.29 is 0 Å². The van der Waals surface area contributed by atoms with E-state index in [0.29, 0.717) is 0 Å². The molecule has 0 unspecified atom stereocenters. The Labute approximate surface area is 132 Å². The van der Waals surface area contributed by atoms with E-state index in [9.17, 15) is 0 Å². The van der Waals surface area contributed by atoms with Crippen LogP contribution < -0.4 is 0 Å². The van der Waals surface area contributed by atoms with Crippen molar-refractivity contribution in [1.82, 2.24) is 0 Å². The van der Waals surface area contributed by atoms with Gasteiger partial charge in [-0.05, 0) is 58.3 Å². The zero-order valence-electron chi connectivity index (χ0n) is 12.3. The van der Waals surface area contributed by atoms with Crippen molar-refractivity contribution in [2.75, 3.05) is 0 Å². The molecule has 0 fully saturated rings. The summed E-state index contributed by atoms with van der Waals surface area (Å²) in [5.74, 6) is 0. The maximum absolute atomic E-state index is 2.36. The van der Waals surface area contributed by atoms with Crippen LogP contribution in [0, 0.1) is 6.92 Å². The van der Waals surface area contributed by atoms with Gasteiger partial charge >= 0.3 is 0 Å². The number of aryl methyl sites for hydroxylation is 1. The van der Waals surface area contributed by atoms with Crippen molar-refractivity contribution >= 4 is 53.1 Å². The Hall–Kier alpha value is -2.38. The molecule has 0 aliphatic heterocycles. The van der Waals surface area contributed by atoms with Gasteiger partial charge in [-0.1, -0.05) is 42.5 Å². The van der Waals surface area contributed by atoms with Crippen LogP contribution >= 0.6 is 11.3 Å². The summed E-state index contributed by atoms with van der Waals surface area (Å²) >= 11 is 1.91. The minimum absolute atomic E-state index is 1.31. The number of thiophene rings is 1. The van der Waals surface area contributed by atoms with Crippen LogP contribution in [0.15, 0.2) is 66.7 Å². The summed E-state index contributed by atoms with van der Waals surface area (Å²) in [4.78, 5) is 0. The van der Waals surface area contributed by atoms with E-state index in [0.717, 1.165) is 0 Å². The minimum Gasteiger partial charge on any atom is -0.135 e. The molecule has 5 rings (SSSR count). The van der Waals surface area contributed by atoms with Crippen LogP contribution in [0.5, 0.6) is 0 Å². The molecule has 5 aromatic rings. The third kappa shape index (κ3) is 1.57. The van der Waals surface area contributed by atoms with Crippen LogP contribution in [-0.2, 0) is 0 Å². The summed E-state index contributed by atoms with van der Waals surface area (Å²) in [6, 6.07) is 24.4. The fourth-order valence-corrected chi connectivity index (χ4v) is 4.66. The molecule has 0 N–H and O–H groups in total. The van der Waals surface area contributed by atoms with Crippen LogP contribution in [0.3, 0.4) is 0 Å². The second-order valence-corrected chi connectivity index (χ2v) is 6.95. The average Bonchev–Trinajstić information content (AvgIpc) is 2.93. The molecule has 1 heteroatoms. The van der Waals surface area contributed by atoms with Gasteiger partial charge in [-0.25, -0.2) is 0 Å². The van der Waals surface area contributed by atoms with Gasteiger partial charge in [0.2, 0.25) is 0 Å². The van der Waals surface area contributed by atoms with Gasteiger partial charge in [-0.2, -0.15) is 0 Å². The predicted molar refractivity (Wildman–Crippen MR) is 99.1 cm³/mol. The van der Waals surface area contributed by atoms with E-state index in [-0.39, 0.29) is 0 Å². The van der Waals surface area contributed by atoms with E-state index in [1.54, 1.807) is 0 Å². The molecular weight excluding hydrogens is 284 g/mol. The summed E-state index contributed by atoms with van der Waals surface area (Å²) in [6.45, 7) is 2.26. The van der Waals surface area contributed by atoms with Gasteiger partial charge in [-0.15, -0.1) is 11.3 Å². The van der Waals surface area contributed by atoms with Gasteiger partial charge in [0, 0.05) is 20.2 Å². The van der Waals surface area contributed by atoms with Crippen LogP contribution in [0.25, 0.3) is 41.7 Å². The van der Waals surface area contributed by atoms with Gasteiger partial charge < -0.3 is 0 Å². The highest BCUT2D eigenvalue weighted by Gasteiger charge is 2.10. The molecular formula is C21H14S. The molecule has 4 aromatic carbocycles. The molecule has 0 saturated heterocycles. The molecule has 0 amide bonds. The Morgan fingerprint density at radius 2 is 1.32 bits per heavy atom. The molecule has 1 heterocycles. The normalized spacial score (nSPS) is 11.9. The first-order chi connectivity index (χ1) is 10.8. The Bertz CT molecular complexity index is 1170. The highest BCUT2D eigenvalue weighted by atomic mass is 32.1. The van der Waals surface area contributed by atoms with Gasteiger partial charge in [0.25, 0.3) is 0 Å². The minimum atomic E-state index is 1.31. The summed E-state index contributed by atoms with van der Waals surface area (Å²) in [5.41, 5.74) is 1.40. The van der Waals surface area contributed by atoms with Crippen molar-refractivity contribution in [3.63, 3.8) is 0 Å². The molecule has 104 valence electrons. The molecule has 22 heavy (non-hydrogen) atoms. The lowest BCUT2D eigenvalue weighted by Gasteiger charge is -2.07. The van der Waals surface area contributed by atoms with E-state index in [4.69, 9.17) is 0 Å². The summed E-state index contributed by atoms with van der Waals surface area (Å²) in [6.07, 6.45) is 0. The number of hydrogen-bond donors (Lipinski definition) is 0. The summed E-state index contributed by atoms with van der Waals surface area (Å²) < 4.78 is 2.80. The SMILES string of the molecule is Cc1c2cc3ccccc3cc2cc2c1sc1ccccc12. The lowest BCUT2D eigenvalue weighted by atomic mass is 9.98. The lowest BCUT2D eigenvalue weighted by Crippen LogP contribution is -1.81. The van der Waals surface area contributed by atoms with Crippen molar-refractivity contribution in [2.24, 2.45) is 0 Å². The largest absolute Gasteiger partial charge is 0.135 e. The Morgan fingerprint density at radius 3 is 2.18 bits per heavy atom. The van der Waals surface area contributed by atoms with Crippen LogP contribution in [0.2, 0.25) is 0 Å². The van der Waals surface area contributed by atoms with Gasteiger partial charge in [-0.3, -0.25) is 0 Å². The molecule has 0 aliphatic carbocycles. The molecule has 0 radical (unpaired) electrons. The molecule has 0 saturated carbocycles. The Balaban J connectivity index is 2.04. The maximum atomic E-state index is 2.36. The quantitative estimate of drug-likeness (QED) is 0.280. The molecule has 0 aliphatic rings. The second-order valence-electron chi connectivity index (χ2n) is 5.90. The molecule has 1 aromatic heterocycles. The number of fused-ring (bicyclic) bond motifs is 5. The Morgan fingerprint density at radius 1 is 0.636 bits per heavy atom. The topological polar surface area (TPSA) is 0 Å². The van der Waals surface area contributed by atoms with Crippen molar-refractivity contribution in [2.45, 2.75) is 6.92 Å². The summed E-state index contributed by atoms with van der Waals surface area (Å²) in [5, 5.41) is 8.11. The van der Waals surface area contributed by atoms with E-state index in [1.807, 2.05) is 11.3 Å². The van der Waals surface area contributed by atoms with Crippen molar-refractivity contribution in [3.8, 4) is 0 Å². The molecule has 0 bridgehead atoms. The zero-order valence-corrected chi connectivity index (χ0v) is 13.1. The number of benzene rings is 4. The third-order valence-corrected chi connectivity index (χ3v) is 5.90. The second kappa shape index (κ2) is 4.31. The van der Waals surface area contributed by atoms with Crippen LogP contribution in [0.1, 0.15) is 5.56 Å². The highest BCUT2D eigenvalue weighted by molar-refractivity contribution is 7.26. The van der Waals surface area contributed by atoms with Crippen LogP contribution in [0.4, 0.5) is 0 Å². The Kier molecular flexibility index (Phi) is 2.39. The highest BCUT2D eigenvalue weighted by Crippen LogP contribution is 2.39. The first kappa shape index (κ1) is 12.2.